The summed E-state index contributed by atoms with van der Waals surface area (Å²) in [5.74, 6) is 2.43. The highest BCUT2D eigenvalue weighted by Gasteiger charge is 2.19. The molecule has 1 fully saturated rings. The Balaban J connectivity index is 1.91. The number of nitrogens with two attached hydrogens (primary N) is 1. The second-order valence-corrected chi connectivity index (χ2v) is 5.07. The van der Waals surface area contributed by atoms with Crippen LogP contribution in [0.15, 0.2) is 12.4 Å². The van der Waals surface area contributed by atoms with E-state index in [0.717, 1.165) is 44.2 Å². The van der Waals surface area contributed by atoms with Crippen LogP contribution in [0.1, 0.15) is 32.6 Å². The highest BCUT2D eigenvalue weighted by molar-refractivity contribution is 5.41. The minimum absolute atomic E-state index is 0.677. The minimum atomic E-state index is 0.677. The highest BCUT2D eigenvalue weighted by atomic mass is 16.5. The van der Waals surface area contributed by atoms with Crippen LogP contribution in [0.2, 0.25) is 0 Å². The van der Waals surface area contributed by atoms with E-state index in [0.29, 0.717) is 12.5 Å². The molecule has 0 unspecified atom stereocenters. The maximum atomic E-state index is 5.62. The molecule has 19 heavy (non-hydrogen) atoms. The molecule has 5 heteroatoms. The zero-order valence-electron chi connectivity index (χ0n) is 11.7. The van der Waals surface area contributed by atoms with E-state index < -0.39 is 0 Å². The Bertz CT molecular complexity index is 377. The van der Waals surface area contributed by atoms with Crippen molar-refractivity contribution in [3.63, 3.8) is 0 Å². The lowest BCUT2D eigenvalue weighted by Crippen LogP contribution is -2.34. The second-order valence-electron chi connectivity index (χ2n) is 5.07. The van der Waals surface area contributed by atoms with Gasteiger partial charge in [-0.3, -0.25) is 0 Å². The molecule has 0 radical (unpaired) electrons. The SMILES string of the molecule is CCCOc1cc(N2CCC(CCN)CC2)ncn1. The number of nitrogens with zero attached hydrogens (tertiary/aromatic N) is 3. The van der Waals surface area contributed by atoms with Crippen molar-refractivity contribution in [1.82, 2.24) is 9.97 Å². The normalized spacial score (nSPS) is 16.6. The summed E-state index contributed by atoms with van der Waals surface area (Å²) in [6, 6.07) is 1.94. The van der Waals surface area contributed by atoms with E-state index in [2.05, 4.69) is 21.8 Å². The molecule has 0 atom stereocenters. The van der Waals surface area contributed by atoms with Gasteiger partial charge in [0.25, 0.3) is 0 Å². The van der Waals surface area contributed by atoms with Gasteiger partial charge >= 0.3 is 0 Å². The Morgan fingerprint density at radius 2 is 2.16 bits per heavy atom. The number of anilines is 1. The molecule has 5 nitrogen and oxygen atoms in total. The lowest BCUT2D eigenvalue weighted by atomic mass is 9.94. The van der Waals surface area contributed by atoms with E-state index in [1.54, 1.807) is 6.33 Å². The van der Waals surface area contributed by atoms with Crippen molar-refractivity contribution in [2.24, 2.45) is 11.7 Å². The van der Waals surface area contributed by atoms with Gasteiger partial charge in [0.15, 0.2) is 0 Å². The van der Waals surface area contributed by atoms with Gasteiger partial charge in [0.2, 0.25) is 5.88 Å². The summed E-state index contributed by atoms with van der Waals surface area (Å²) in [4.78, 5) is 10.8. The molecule has 0 spiro atoms. The van der Waals surface area contributed by atoms with Crippen molar-refractivity contribution in [3.05, 3.63) is 12.4 Å². The Hall–Kier alpha value is -1.36. The summed E-state index contributed by atoms with van der Waals surface area (Å²) in [5.41, 5.74) is 5.62. The van der Waals surface area contributed by atoms with Crippen molar-refractivity contribution in [3.8, 4) is 5.88 Å². The number of piperidine rings is 1. The van der Waals surface area contributed by atoms with Crippen LogP contribution in [0.25, 0.3) is 0 Å². The molecule has 0 saturated carbocycles. The van der Waals surface area contributed by atoms with E-state index >= 15 is 0 Å². The molecule has 0 amide bonds. The summed E-state index contributed by atoms with van der Waals surface area (Å²) in [6.07, 6.45) is 6.12. The van der Waals surface area contributed by atoms with Crippen LogP contribution in [0.5, 0.6) is 5.88 Å². The molecule has 1 saturated heterocycles. The van der Waals surface area contributed by atoms with Crippen LogP contribution in [0.4, 0.5) is 5.82 Å². The third-order valence-corrected chi connectivity index (χ3v) is 3.60. The number of hydrogen-bond acceptors (Lipinski definition) is 5. The molecular weight excluding hydrogens is 240 g/mol. The van der Waals surface area contributed by atoms with Crippen molar-refractivity contribution < 1.29 is 4.74 Å². The Labute approximate surface area is 115 Å². The smallest absolute Gasteiger partial charge is 0.218 e. The predicted octanol–water partition coefficient (Wildman–Crippen LogP) is 1.83. The lowest BCUT2D eigenvalue weighted by molar-refractivity contribution is 0.304. The van der Waals surface area contributed by atoms with Crippen LogP contribution < -0.4 is 15.4 Å². The van der Waals surface area contributed by atoms with Crippen LogP contribution >= 0.6 is 0 Å². The van der Waals surface area contributed by atoms with Gasteiger partial charge in [-0.25, -0.2) is 9.97 Å². The lowest BCUT2D eigenvalue weighted by Gasteiger charge is -2.32. The van der Waals surface area contributed by atoms with Gasteiger partial charge in [0.05, 0.1) is 6.61 Å². The van der Waals surface area contributed by atoms with Gasteiger partial charge in [-0.1, -0.05) is 6.92 Å². The molecule has 1 aliphatic rings. The molecule has 1 aliphatic heterocycles. The maximum Gasteiger partial charge on any atom is 0.218 e. The second kappa shape index (κ2) is 7.28. The number of aromatic nitrogens is 2. The van der Waals surface area contributed by atoms with Crippen molar-refractivity contribution >= 4 is 5.82 Å². The van der Waals surface area contributed by atoms with E-state index in [1.807, 2.05) is 6.07 Å². The average molecular weight is 264 g/mol. The molecule has 2 heterocycles. The first-order valence-electron chi connectivity index (χ1n) is 7.23. The quantitative estimate of drug-likeness (QED) is 0.849. The topological polar surface area (TPSA) is 64.3 Å². The first-order valence-corrected chi connectivity index (χ1v) is 7.23. The van der Waals surface area contributed by atoms with Gasteiger partial charge in [-0.05, 0) is 38.1 Å². The van der Waals surface area contributed by atoms with Gasteiger partial charge in [0, 0.05) is 19.2 Å². The summed E-state index contributed by atoms with van der Waals surface area (Å²) in [7, 11) is 0. The zero-order chi connectivity index (χ0) is 13.5. The van der Waals surface area contributed by atoms with Crippen LogP contribution in [-0.4, -0.2) is 36.2 Å². The van der Waals surface area contributed by atoms with Crippen molar-refractivity contribution in [1.29, 1.82) is 0 Å². The van der Waals surface area contributed by atoms with Crippen LogP contribution in [0.3, 0.4) is 0 Å². The molecule has 2 N–H and O–H groups in total. The fourth-order valence-electron chi connectivity index (χ4n) is 2.47. The molecule has 106 valence electrons. The van der Waals surface area contributed by atoms with E-state index in [9.17, 15) is 0 Å². The largest absolute Gasteiger partial charge is 0.478 e. The Morgan fingerprint density at radius 1 is 1.37 bits per heavy atom. The van der Waals surface area contributed by atoms with E-state index in [-0.39, 0.29) is 0 Å². The molecule has 0 aromatic carbocycles. The minimum Gasteiger partial charge on any atom is -0.478 e. The van der Waals surface area contributed by atoms with Crippen LogP contribution in [-0.2, 0) is 0 Å². The van der Waals surface area contributed by atoms with Crippen molar-refractivity contribution in [2.45, 2.75) is 32.6 Å². The monoisotopic (exact) mass is 264 g/mol. The Morgan fingerprint density at radius 3 is 2.84 bits per heavy atom. The first-order chi connectivity index (χ1) is 9.33. The maximum absolute atomic E-state index is 5.62. The third-order valence-electron chi connectivity index (χ3n) is 3.60. The van der Waals surface area contributed by atoms with Crippen molar-refractivity contribution in [2.75, 3.05) is 31.1 Å². The summed E-state index contributed by atoms with van der Waals surface area (Å²) < 4.78 is 5.55. The van der Waals surface area contributed by atoms with E-state index in [1.165, 1.54) is 12.8 Å². The summed E-state index contributed by atoms with van der Waals surface area (Å²) >= 11 is 0. The average Bonchev–Trinajstić information content (AvgIpc) is 2.46. The molecule has 1 aromatic heterocycles. The molecule has 2 rings (SSSR count). The van der Waals surface area contributed by atoms with Gasteiger partial charge in [-0.15, -0.1) is 0 Å². The van der Waals surface area contributed by atoms with E-state index in [4.69, 9.17) is 10.5 Å². The molecule has 0 aliphatic carbocycles. The molecule has 1 aromatic rings. The van der Waals surface area contributed by atoms with Crippen LogP contribution in [0, 0.1) is 5.92 Å². The first kappa shape index (κ1) is 14.1. The standard InChI is InChI=1S/C14H24N4O/c1-2-9-19-14-10-13(16-11-17-14)18-7-4-12(3-6-15)5-8-18/h10-12H,2-9,15H2,1H3. The highest BCUT2D eigenvalue weighted by Crippen LogP contribution is 2.24. The van der Waals surface area contributed by atoms with Gasteiger partial charge in [-0.2, -0.15) is 0 Å². The van der Waals surface area contributed by atoms with Gasteiger partial charge in [0.1, 0.15) is 12.1 Å². The Kier molecular flexibility index (Phi) is 5.39. The fraction of sp³-hybridized carbons (Fsp3) is 0.714. The molecule has 0 bridgehead atoms. The third kappa shape index (κ3) is 4.06. The summed E-state index contributed by atoms with van der Waals surface area (Å²) in [6.45, 7) is 5.69. The van der Waals surface area contributed by atoms with Gasteiger partial charge < -0.3 is 15.4 Å². The summed E-state index contributed by atoms with van der Waals surface area (Å²) in [5, 5.41) is 0. The number of hydrogen-bond donors (Lipinski definition) is 1. The molecular formula is C14H24N4O. The zero-order valence-corrected chi connectivity index (χ0v) is 11.7. The number of ether oxygens (including phenoxy) is 1. The predicted molar refractivity (Wildman–Crippen MR) is 76.4 cm³/mol. The number of rotatable bonds is 6. The fourth-order valence-corrected chi connectivity index (χ4v) is 2.47.